The molecule has 2 N–H and O–H groups in total. The summed E-state index contributed by atoms with van der Waals surface area (Å²) in [5, 5.41) is 74.2. The Labute approximate surface area is 132 Å². The van der Waals surface area contributed by atoms with Gasteiger partial charge in [0.2, 0.25) is 0 Å². The van der Waals surface area contributed by atoms with E-state index in [-0.39, 0.29) is 39.4 Å². The van der Waals surface area contributed by atoms with Gasteiger partial charge in [-0.15, -0.1) is 0 Å². The molecule has 0 aromatic rings. The van der Waals surface area contributed by atoms with Gasteiger partial charge in [-0.25, -0.2) is 0 Å². The molecule has 21 heavy (non-hydrogen) atoms. The summed E-state index contributed by atoms with van der Waals surface area (Å²) in [7, 11) is 0. The molecule has 0 spiro atoms. The van der Waals surface area contributed by atoms with Crippen LogP contribution in [-0.4, -0.2) is 43.8 Å². The standard InChI is InChI=1S/C2H6O2.4NO3.Zr/c3-1-2-4;4*2-1(3)4;/h3-4H,1-2H2;;;;;/q;4*-1;+4. The van der Waals surface area contributed by atoms with Crippen LogP contribution in [0.5, 0.6) is 0 Å². The van der Waals surface area contributed by atoms with Gasteiger partial charge in [0, 0.05) is 0 Å². The van der Waals surface area contributed by atoms with E-state index < -0.39 is 20.3 Å². The van der Waals surface area contributed by atoms with E-state index in [0.717, 1.165) is 0 Å². The van der Waals surface area contributed by atoms with Crippen molar-refractivity contribution in [1.82, 2.24) is 0 Å². The summed E-state index contributed by atoms with van der Waals surface area (Å²) in [6, 6.07) is 0. The number of hydrogen-bond donors (Lipinski definition) is 2. The first-order chi connectivity index (χ1) is 8.84. The second-order valence-corrected chi connectivity index (χ2v) is 1.34. The summed E-state index contributed by atoms with van der Waals surface area (Å²) in [6.07, 6.45) is 0. The minimum absolute atomic E-state index is 0. The minimum Gasteiger partial charge on any atom is -0.394 e. The van der Waals surface area contributed by atoms with Crippen LogP contribution < -0.4 is 0 Å². The van der Waals surface area contributed by atoms with Crippen LogP contribution in [0.4, 0.5) is 0 Å². The van der Waals surface area contributed by atoms with Crippen LogP contribution in [0.25, 0.3) is 0 Å². The van der Waals surface area contributed by atoms with E-state index in [0.29, 0.717) is 0 Å². The normalized spacial score (nSPS) is 6.00. The molecule has 0 amide bonds. The second kappa shape index (κ2) is 36.0. The first-order valence-corrected chi connectivity index (χ1v) is 3.32. The molecule has 0 aliphatic heterocycles. The fraction of sp³-hybridized carbons (Fsp3) is 1.00. The molecule has 0 radical (unpaired) electrons. The van der Waals surface area contributed by atoms with Crippen molar-refractivity contribution in [2.24, 2.45) is 0 Å². The third-order valence-electron chi connectivity index (χ3n) is 0.1000. The fourth-order valence-electron chi connectivity index (χ4n) is 0. The number of aliphatic hydroxyl groups excluding tert-OH is 2. The molecule has 19 heteroatoms. The quantitative estimate of drug-likeness (QED) is 0.355. The van der Waals surface area contributed by atoms with Gasteiger partial charge in [0.1, 0.15) is 0 Å². The molecule has 0 bridgehead atoms. The van der Waals surface area contributed by atoms with Crippen molar-refractivity contribution in [1.29, 1.82) is 0 Å². The Bertz CT molecular complexity index is 191. The smallest absolute Gasteiger partial charge is 0.394 e. The van der Waals surface area contributed by atoms with Gasteiger partial charge in [0.15, 0.2) is 0 Å². The van der Waals surface area contributed by atoms with Gasteiger partial charge in [-0.3, -0.25) is 0 Å². The topological polar surface area (TPSA) is 305 Å². The van der Waals surface area contributed by atoms with Crippen molar-refractivity contribution in [3.05, 3.63) is 61.3 Å². The Morgan fingerprint density at radius 3 is 0.571 bits per heavy atom. The summed E-state index contributed by atoms with van der Waals surface area (Å²) >= 11 is 0. The summed E-state index contributed by atoms with van der Waals surface area (Å²) in [5.41, 5.74) is 0. The third kappa shape index (κ3) is 2200. The molecule has 0 aromatic carbocycles. The van der Waals surface area contributed by atoms with Gasteiger partial charge in [0.05, 0.1) is 33.6 Å². The van der Waals surface area contributed by atoms with Crippen LogP contribution in [0.1, 0.15) is 0 Å². The Morgan fingerprint density at radius 1 is 0.524 bits per heavy atom. The van der Waals surface area contributed by atoms with Crippen LogP contribution >= 0.6 is 0 Å². The zero-order chi connectivity index (χ0) is 17.7. The van der Waals surface area contributed by atoms with E-state index in [4.69, 9.17) is 71.5 Å². The van der Waals surface area contributed by atoms with E-state index in [2.05, 4.69) is 0 Å². The average Bonchev–Trinajstić information content (AvgIpc) is 2.13. The van der Waals surface area contributed by atoms with Crippen molar-refractivity contribution >= 4 is 0 Å². The predicted molar refractivity (Wildman–Crippen MR) is 55.6 cm³/mol. The number of aliphatic hydroxyl groups is 2. The molecule has 0 saturated carbocycles. The number of hydrogen-bond acceptors (Lipinski definition) is 14. The first-order valence-electron chi connectivity index (χ1n) is 3.32. The molecule has 0 rings (SSSR count). The largest absolute Gasteiger partial charge is 4.00 e. The Balaban J connectivity index is -0.0000000331. The van der Waals surface area contributed by atoms with Gasteiger partial charge in [0.25, 0.3) is 0 Å². The second-order valence-electron chi connectivity index (χ2n) is 1.34. The zero-order valence-corrected chi connectivity index (χ0v) is 12.0. The molecular weight excluding hydrogens is 395 g/mol. The molecule has 0 heterocycles. The van der Waals surface area contributed by atoms with Crippen molar-refractivity contribution in [3.8, 4) is 0 Å². The van der Waals surface area contributed by atoms with E-state index >= 15 is 0 Å². The molecular formula is C2H6N4O14Zr. The van der Waals surface area contributed by atoms with E-state index in [9.17, 15) is 0 Å². The summed E-state index contributed by atoms with van der Waals surface area (Å²) in [5.74, 6) is 0. The van der Waals surface area contributed by atoms with Crippen molar-refractivity contribution in [2.45, 2.75) is 0 Å². The molecule has 0 atom stereocenters. The van der Waals surface area contributed by atoms with E-state index in [1.165, 1.54) is 0 Å². The van der Waals surface area contributed by atoms with Gasteiger partial charge >= 0.3 is 26.2 Å². The average molecular weight is 401 g/mol. The maximum atomic E-state index is 8.25. The van der Waals surface area contributed by atoms with Gasteiger partial charge in [-0.1, -0.05) is 0 Å². The van der Waals surface area contributed by atoms with Crippen LogP contribution in [0.2, 0.25) is 0 Å². The third-order valence-corrected chi connectivity index (χ3v) is 0.1000. The molecule has 18 nitrogen and oxygen atoms in total. The van der Waals surface area contributed by atoms with Crippen molar-refractivity contribution in [2.75, 3.05) is 13.2 Å². The fourth-order valence-corrected chi connectivity index (χ4v) is 0. The van der Waals surface area contributed by atoms with Gasteiger partial charge in [-0.05, 0) is 0 Å². The summed E-state index contributed by atoms with van der Waals surface area (Å²) in [4.78, 5) is 33.0. The van der Waals surface area contributed by atoms with E-state index in [1.807, 2.05) is 0 Å². The Kier molecular flexibility index (Phi) is 62.3. The summed E-state index contributed by atoms with van der Waals surface area (Å²) in [6.45, 7) is -0.250. The van der Waals surface area contributed by atoms with Crippen LogP contribution in [0.15, 0.2) is 0 Å². The zero-order valence-electron chi connectivity index (χ0n) is 9.50. The number of nitrogens with zero attached hydrogens (tertiary/aromatic N) is 4. The molecule has 0 aliphatic rings. The molecule has 0 saturated heterocycles. The molecule has 0 aliphatic carbocycles. The SMILES string of the molecule is O=[N+]([O-])[O-].O=[N+]([O-])[O-].O=[N+]([O-])[O-].O=[N+]([O-])[O-].OCCO.[Zr+4]. The number of rotatable bonds is 1. The Hall–Kier alpha value is -2.40. The Morgan fingerprint density at radius 2 is 0.571 bits per heavy atom. The maximum absolute atomic E-state index is 8.25. The van der Waals surface area contributed by atoms with Crippen molar-refractivity contribution < 1.29 is 56.8 Å². The molecule has 0 unspecified atom stereocenters. The molecule has 122 valence electrons. The van der Waals surface area contributed by atoms with Gasteiger partial charge in [-0.2, -0.15) is 0 Å². The first kappa shape index (κ1) is 36.3. The predicted octanol–water partition coefficient (Wildman–Crippen LogP) is -1.99. The minimum atomic E-state index is -1.75. The molecule has 0 fully saturated rings. The van der Waals surface area contributed by atoms with Crippen LogP contribution in [0, 0.1) is 61.3 Å². The maximum Gasteiger partial charge on any atom is 4.00 e. The monoisotopic (exact) mass is 400 g/mol. The van der Waals surface area contributed by atoms with Crippen LogP contribution in [0.3, 0.4) is 0 Å². The molecule has 0 aromatic heterocycles. The van der Waals surface area contributed by atoms with Gasteiger partial charge < -0.3 is 71.5 Å². The van der Waals surface area contributed by atoms with Crippen LogP contribution in [-0.2, 0) is 26.2 Å². The summed E-state index contributed by atoms with van der Waals surface area (Å²) < 4.78 is 0. The van der Waals surface area contributed by atoms with Crippen molar-refractivity contribution in [3.63, 3.8) is 0 Å². The van der Waals surface area contributed by atoms with E-state index in [1.54, 1.807) is 0 Å².